The summed E-state index contributed by atoms with van der Waals surface area (Å²) in [7, 11) is 2.11. The van der Waals surface area contributed by atoms with Crippen LogP contribution in [0, 0.1) is 17.2 Å². The number of likely N-dealkylation sites (N-methyl/N-ethyl adjacent to an activating group) is 1. The fraction of sp³-hybridized carbons (Fsp3) is 0.636. The van der Waals surface area contributed by atoms with Crippen LogP contribution < -0.4 is 0 Å². The van der Waals surface area contributed by atoms with Gasteiger partial charge in [-0.2, -0.15) is 5.26 Å². The van der Waals surface area contributed by atoms with Crippen LogP contribution >= 0.6 is 0 Å². The van der Waals surface area contributed by atoms with Gasteiger partial charge in [0.1, 0.15) is 5.60 Å². The molecule has 0 bridgehead atoms. The van der Waals surface area contributed by atoms with E-state index in [1.165, 1.54) is 0 Å². The lowest BCUT2D eigenvalue weighted by molar-refractivity contribution is -0.00125. The predicted molar refractivity (Wildman–Crippen MR) is 109 cm³/mol. The Labute approximate surface area is 168 Å². The molecule has 1 aromatic rings. The van der Waals surface area contributed by atoms with Gasteiger partial charge in [-0.1, -0.05) is 26.0 Å². The number of ether oxygens (including phenoxy) is 1. The van der Waals surface area contributed by atoms with Gasteiger partial charge >= 0.3 is 6.09 Å². The van der Waals surface area contributed by atoms with Crippen molar-refractivity contribution in [1.29, 1.82) is 5.26 Å². The van der Waals surface area contributed by atoms with Gasteiger partial charge in [-0.15, -0.1) is 0 Å². The van der Waals surface area contributed by atoms with Gasteiger partial charge in [-0.3, -0.25) is 4.90 Å². The summed E-state index contributed by atoms with van der Waals surface area (Å²) in [6, 6.07) is 9.99. The van der Waals surface area contributed by atoms with Gasteiger partial charge in [-0.05, 0) is 30.7 Å². The smallest absolute Gasteiger partial charge is 0.410 e. The zero-order chi connectivity index (χ0) is 20.1. The van der Waals surface area contributed by atoms with Crippen molar-refractivity contribution in [3.8, 4) is 6.07 Å². The van der Waals surface area contributed by atoms with Crippen molar-refractivity contribution in [2.45, 2.75) is 38.8 Å². The number of carbonyl (C=O) groups excluding carboxylic acids is 1. The summed E-state index contributed by atoms with van der Waals surface area (Å²) in [5.74, 6) is 0.625. The first-order chi connectivity index (χ1) is 13.4. The summed E-state index contributed by atoms with van der Waals surface area (Å²) in [5.41, 5.74) is 1.54. The Bertz CT molecular complexity index is 719. The number of hydrogen-bond donors (Lipinski definition) is 0. The number of benzene rings is 1. The number of nitrogens with zero attached hydrogens (tertiary/aromatic N) is 4. The molecule has 6 nitrogen and oxygen atoms in total. The monoisotopic (exact) mass is 384 g/mol. The summed E-state index contributed by atoms with van der Waals surface area (Å²) < 4.78 is 5.85. The Hall–Kier alpha value is -2.10. The largest absolute Gasteiger partial charge is 0.441 e. The summed E-state index contributed by atoms with van der Waals surface area (Å²) in [6.45, 7) is 10.4. The first-order valence-electron chi connectivity index (χ1n) is 10.3. The highest BCUT2D eigenvalue weighted by molar-refractivity contribution is 5.70. The van der Waals surface area contributed by atoms with E-state index in [0.717, 1.165) is 57.7 Å². The Morgan fingerprint density at radius 3 is 2.75 bits per heavy atom. The lowest BCUT2D eigenvalue weighted by Gasteiger charge is -2.37. The third kappa shape index (κ3) is 5.24. The van der Waals surface area contributed by atoms with E-state index in [1.807, 2.05) is 23.1 Å². The van der Waals surface area contributed by atoms with Crippen molar-refractivity contribution in [1.82, 2.24) is 14.7 Å². The maximum atomic E-state index is 12.4. The minimum atomic E-state index is -0.321. The van der Waals surface area contributed by atoms with Crippen LogP contribution in [0.5, 0.6) is 0 Å². The molecule has 6 heteroatoms. The molecule has 2 heterocycles. The van der Waals surface area contributed by atoms with Crippen molar-refractivity contribution in [2.24, 2.45) is 5.92 Å². The molecule has 0 aliphatic carbocycles. The van der Waals surface area contributed by atoms with E-state index >= 15 is 0 Å². The minimum Gasteiger partial charge on any atom is -0.441 e. The van der Waals surface area contributed by atoms with E-state index in [4.69, 9.17) is 10.00 Å². The molecular weight excluding hydrogens is 352 g/mol. The van der Waals surface area contributed by atoms with E-state index in [9.17, 15) is 4.79 Å². The molecule has 1 spiro atoms. The van der Waals surface area contributed by atoms with Crippen molar-refractivity contribution in [3.63, 3.8) is 0 Å². The van der Waals surface area contributed by atoms with Gasteiger partial charge in [0.25, 0.3) is 0 Å². The molecule has 0 radical (unpaired) electrons. The molecule has 0 saturated carbocycles. The zero-order valence-electron chi connectivity index (χ0n) is 17.4. The third-order valence-electron chi connectivity index (χ3n) is 5.70. The number of rotatable bonds is 7. The van der Waals surface area contributed by atoms with Gasteiger partial charge in [0, 0.05) is 52.1 Å². The van der Waals surface area contributed by atoms with Crippen LogP contribution in [0.4, 0.5) is 4.79 Å². The van der Waals surface area contributed by atoms with Crippen molar-refractivity contribution in [3.05, 3.63) is 35.4 Å². The maximum Gasteiger partial charge on any atom is 0.410 e. The standard InChI is InChI=1S/C22H32N4O2/c1-18(2)15-24(3)11-12-26-17-22(28-21(26)27)7-9-25(10-8-22)16-20-6-4-5-19(13-20)14-23/h4-6,13,18H,7-12,15-17H2,1-3H3. The molecule has 0 N–H and O–H groups in total. The van der Waals surface area contributed by atoms with Crippen LogP contribution in [0.3, 0.4) is 0 Å². The molecular formula is C22H32N4O2. The average Bonchev–Trinajstić information content (AvgIpc) is 2.97. The first-order valence-corrected chi connectivity index (χ1v) is 10.3. The molecule has 2 saturated heterocycles. The third-order valence-corrected chi connectivity index (χ3v) is 5.70. The van der Waals surface area contributed by atoms with Crippen molar-refractivity contribution >= 4 is 6.09 Å². The second-order valence-corrected chi connectivity index (χ2v) is 8.72. The quantitative estimate of drug-likeness (QED) is 0.723. The highest BCUT2D eigenvalue weighted by atomic mass is 16.6. The maximum absolute atomic E-state index is 12.4. The van der Waals surface area contributed by atoms with Crippen LogP contribution in [0.1, 0.15) is 37.8 Å². The van der Waals surface area contributed by atoms with E-state index in [1.54, 1.807) is 0 Å². The number of likely N-dealkylation sites (tertiary alicyclic amines) is 1. The molecule has 0 atom stereocenters. The van der Waals surface area contributed by atoms with Crippen LogP contribution in [-0.2, 0) is 11.3 Å². The number of hydrogen-bond acceptors (Lipinski definition) is 5. The number of amides is 1. The number of piperidine rings is 1. The number of carbonyl (C=O) groups is 1. The van der Waals surface area contributed by atoms with E-state index in [2.05, 4.69) is 42.8 Å². The lowest BCUT2D eigenvalue weighted by Crippen LogP contribution is -2.47. The predicted octanol–water partition coefficient (Wildman–Crippen LogP) is 2.93. The first kappa shape index (κ1) is 20.6. The van der Waals surface area contributed by atoms with E-state index in [0.29, 0.717) is 18.0 Å². The summed E-state index contributed by atoms with van der Waals surface area (Å²) in [4.78, 5) is 18.9. The van der Waals surface area contributed by atoms with Gasteiger partial charge in [-0.25, -0.2) is 4.79 Å². The molecule has 28 heavy (non-hydrogen) atoms. The summed E-state index contributed by atoms with van der Waals surface area (Å²) >= 11 is 0. The molecule has 3 rings (SSSR count). The molecule has 0 unspecified atom stereocenters. The van der Waals surface area contributed by atoms with Gasteiger partial charge < -0.3 is 14.5 Å². The highest BCUT2D eigenvalue weighted by Crippen LogP contribution is 2.33. The van der Waals surface area contributed by atoms with Crippen molar-refractivity contribution in [2.75, 3.05) is 46.3 Å². The van der Waals surface area contributed by atoms with Gasteiger partial charge in [0.15, 0.2) is 0 Å². The fourth-order valence-electron chi connectivity index (χ4n) is 4.25. The Kier molecular flexibility index (Phi) is 6.58. The molecule has 2 aliphatic heterocycles. The van der Waals surface area contributed by atoms with E-state index in [-0.39, 0.29) is 11.7 Å². The second kappa shape index (κ2) is 8.93. The fourth-order valence-corrected chi connectivity index (χ4v) is 4.25. The molecule has 1 amide bonds. The Morgan fingerprint density at radius 2 is 2.07 bits per heavy atom. The highest BCUT2D eigenvalue weighted by Gasteiger charge is 2.46. The summed E-state index contributed by atoms with van der Waals surface area (Å²) in [6.07, 6.45) is 1.58. The Morgan fingerprint density at radius 1 is 1.32 bits per heavy atom. The molecule has 152 valence electrons. The van der Waals surface area contributed by atoms with Gasteiger partial charge in [0.05, 0.1) is 18.2 Å². The molecule has 2 aliphatic rings. The van der Waals surface area contributed by atoms with Gasteiger partial charge in [0.2, 0.25) is 0 Å². The molecule has 0 aromatic heterocycles. The SMILES string of the molecule is CC(C)CN(C)CCN1CC2(CCN(Cc3cccc(C#N)c3)CC2)OC1=O. The molecule has 1 aromatic carbocycles. The minimum absolute atomic E-state index is 0.159. The second-order valence-electron chi connectivity index (χ2n) is 8.72. The van der Waals surface area contributed by atoms with Crippen LogP contribution in [0.25, 0.3) is 0 Å². The van der Waals surface area contributed by atoms with Crippen LogP contribution in [-0.4, -0.2) is 72.7 Å². The summed E-state index contributed by atoms with van der Waals surface area (Å²) in [5, 5.41) is 9.06. The lowest BCUT2D eigenvalue weighted by atomic mass is 9.91. The topological polar surface area (TPSA) is 59.8 Å². The van der Waals surface area contributed by atoms with E-state index < -0.39 is 0 Å². The molecule has 2 fully saturated rings. The normalized spacial score (nSPS) is 19.4. The Balaban J connectivity index is 1.48. The van der Waals surface area contributed by atoms with Crippen LogP contribution in [0.15, 0.2) is 24.3 Å². The zero-order valence-corrected chi connectivity index (χ0v) is 17.4. The van der Waals surface area contributed by atoms with Crippen LogP contribution in [0.2, 0.25) is 0 Å². The average molecular weight is 385 g/mol. The van der Waals surface area contributed by atoms with Crippen molar-refractivity contribution < 1.29 is 9.53 Å². The number of nitriles is 1.